The van der Waals surface area contributed by atoms with Crippen LogP contribution in [-0.4, -0.2) is 17.0 Å². The third-order valence-electron chi connectivity index (χ3n) is 2.70. The highest BCUT2D eigenvalue weighted by Crippen LogP contribution is 2.28. The van der Waals surface area contributed by atoms with Crippen LogP contribution in [0.15, 0.2) is 38.1 Å². The molecule has 2 rings (SSSR count). The number of nitrogens with zero attached hydrogens (tertiary/aromatic N) is 2. The lowest BCUT2D eigenvalue weighted by molar-refractivity contribution is 0.930. The van der Waals surface area contributed by atoms with Crippen molar-refractivity contribution in [1.29, 1.82) is 0 Å². The van der Waals surface area contributed by atoms with Gasteiger partial charge in [-0.1, -0.05) is 28.9 Å². The van der Waals surface area contributed by atoms with Crippen LogP contribution in [0, 0.1) is 0 Å². The van der Waals surface area contributed by atoms with E-state index in [0.717, 1.165) is 38.5 Å². The number of nitrogens with one attached hydrogen (secondary N) is 1. The van der Waals surface area contributed by atoms with E-state index >= 15 is 0 Å². The molecule has 0 amide bonds. The van der Waals surface area contributed by atoms with Gasteiger partial charge in [0.2, 0.25) is 0 Å². The van der Waals surface area contributed by atoms with Gasteiger partial charge in [0.15, 0.2) is 0 Å². The molecule has 0 spiro atoms. The van der Waals surface area contributed by atoms with Crippen molar-refractivity contribution < 1.29 is 0 Å². The van der Waals surface area contributed by atoms with Crippen molar-refractivity contribution in [1.82, 2.24) is 9.97 Å². The molecule has 0 fully saturated rings. The Labute approximate surface area is 140 Å². The molecule has 0 saturated heterocycles. The van der Waals surface area contributed by atoms with Crippen molar-refractivity contribution in [2.24, 2.45) is 0 Å². The molecule has 0 radical (unpaired) electrons. The topological polar surface area (TPSA) is 37.8 Å². The van der Waals surface area contributed by atoms with Crippen LogP contribution in [-0.2, 0) is 12.2 Å². The van der Waals surface area contributed by atoms with Crippen LogP contribution < -0.4 is 5.32 Å². The molecule has 6 heteroatoms. The van der Waals surface area contributed by atoms with Gasteiger partial charge in [0.25, 0.3) is 0 Å². The molecule has 0 aliphatic rings. The summed E-state index contributed by atoms with van der Waals surface area (Å²) in [6, 6.07) is 8.25. The van der Waals surface area contributed by atoms with Gasteiger partial charge >= 0.3 is 0 Å². The van der Waals surface area contributed by atoms with Gasteiger partial charge in [0.1, 0.15) is 11.6 Å². The van der Waals surface area contributed by atoms with Gasteiger partial charge in [0.05, 0.1) is 15.9 Å². The van der Waals surface area contributed by atoms with Gasteiger partial charge in [-0.2, -0.15) is 0 Å². The molecular weight excluding hydrogens is 402 g/mol. The zero-order valence-corrected chi connectivity index (χ0v) is 15.3. The molecule has 0 saturated carbocycles. The van der Waals surface area contributed by atoms with E-state index < -0.39 is 0 Å². The summed E-state index contributed by atoms with van der Waals surface area (Å²) in [6.07, 6.45) is 0.881. The zero-order valence-electron chi connectivity index (χ0n) is 11.3. The number of halogens is 2. The lowest BCUT2D eigenvalue weighted by Gasteiger charge is -2.10. The van der Waals surface area contributed by atoms with Crippen LogP contribution in [0.5, 0.6) is 0 Å². The summed E-state index contributed by atoms with van der Waals surface area (Å²) in [5.41, 5.74) is 1.04. The summed E-state index contributed by atoms with van der Waals surface area (Å²) in [4.78, 5) is 10.3. The normalized spacial score (nSPS) is 10.6. The lowest BCUT2D eigenvalue weighted by Crippen LogP contribution is -2.04. The van der Waals surface area contributed by atoms with Gasteiger partial charge < -0.3 is 5.32 Å². The van der Waals surface area contributed by atoms with Gasteiger partial charge in [0, 0.05) is 16.4 Å². The Hall–Kier alpha value is -0.590. The van der Waals surface area contributed by atoms with E-state index in [1.807, 2.05) is 19.2 Å². The monoisotopic (exact) mass is 415 g/mol. The highest BCUT2D eigenvalue weighted by atomic mass is 79.9. The fourth-order valence-corrected chi connectivity index (χ4v) is 3.73. The predicted molar refractivity (Wildman–Crippen MR) is 92.4 cm³/mol. The predicted octanol–water partition coefficient (Wildman–Crippen LogP) is 4.90. The average Bonchev–Trinajstić information content (AvgIpc) is 2.46. The molecule has 1 heterocycles. The first kappa shape index (κ1) is 15.8. The van der Waals surface area contributed by atoms with E-state index in [1.165, 1.54) is 4.90 Å². The number of hydrogen-bond donors (Lipinski definition) is 1. The number of aromatic nitrogens is 2. The second-order valence-corrected chi connectivity index (χ2v) is 6.86. The van der Waals surface area contributed by atoms with Crippen molar-refractivity contribution in [3.8, 4) is 0 Å². The van der Waals surface area contributed by atoms with Crippen molar-refractivity contribution in [3.63, 3.8) is 0 Å². The summed E-state index contributed by atoms with van der Waals surface area (Å²) in [7, 11) is 1.87. The van der Waals surface area contributed by atoms with E-state index in [-0.39, 0.29) is 0 Å². The van der Waals surface area contributed by atoms with Gasteiger partial charge in [-0.3, -0.25) is 0 Å². The van der Waals surface area contributed by atoms with Gasteiger partial charge in [-0.05, 0) is 40.5 Å². The quantitative estimate of drug-likeness (QED) is 0.703. The second-order valence-electron chi connectivity index (χ2n) is 4.10. The van der Waals surface area contributed by atoms with Crippen LogP contribution in [0.3, 0.4) is 0 Å². The maximum atomic E-state index is 4.61. The average molecular weight is 417 g/mol. The lowest BCUT2D eigenvalue weighted by atomic mass is 10.3. The minimum Gasteiger partial charge on any atom is -0.372 e. The molecule has 0 bridgehead atoms. The van der Waals surface area contributed by atoms with Crippen LogP contribution in [0.4, 0.5) is 5.82 Å². The molecule has 3 nitrogen and oxygen atoms in total. The maximum absolute atomic E-state index is 4.61. The molecule has 1 N–H and O–H groups in total. The fraction of sp³-hybridized carbons (Fsp3) is 0.286. The SMILES string of the molecule is CCc1nc(CSc2cccc(Br)c2)nc(NC)c1Br. The van der Waals surface area contributed by atoms with Gasteiger partial charge in [-0.25, -0.2) is 9.97 Å². The Bertz CT molecular complexity index is 580. The van der Waals surface area contributed by atoms with Gasteiger partial charge in [-0.15, -0.1) is 11.8 Å². The molecule has 0 atom stereocenters. The smallest absolute Gasteiger partial charge is 0.144 e. The molecule has 2 aromatic rings. The Morgan fingerprint density at radius 1 is 1.25 bits per heavy atom. The fourth-order valence-electron chi connectivity index (χ4n) is 1.71. The standard InChI is InChI=1S/C14H15Br2N3S/c1-3-11-13(16)14(17-2)19-12(18-11)8-20-10-6-4-5-9(15)7-10/h4-7H,3,8H2,1-2H3,(H,17,18,19). The van der Waals surface area contributed by atoms with Crippen LogP contribution in [0.2, 0.25) is 0 Å². The Balaban J connectivity index is 2.17. The van der Waals surface area contributed by atoms with Crippen molar-refractivity contribution >= 4 is 49.4 Å². The first-order valence-electron chi connectivity index (χ1n) is 6.25. The Morgan fingerprint density at radius 2 is 2.05 bits per heavy atom. The molecule has 0 aliphatic heterocycles. The third kappa shape index (κ3) is 3.96. The molecule has 1 aromatic carbocycles. The van der Waals surface area contributed by atoms with Crippen molar-refractivity contribution in [3.05, 3.63) is 44.7 Å². The van der Waals surface area contributed by atoms with E-state index in [0.29, 0.717) is 0 Å². The second kappa shape index (κ2) is 7.43. The maximum Gasteiger partial charge on any atom is 0.144 e. The molecular formula is C14H15Br2N3S. The number of hydrogen-bond acceptors (Lipinski definition) is 4. The van der Waals surface area contributed by atoms with Crippen molar-refractivity contribution in [2.45, 2.75) is 24.0 Å². The first-order chi connectivity index (χ1) is 9.63. The van der Waals surface area contributed by atoms with E-state index in [2.05, 4.69) is 66.2 Å². The summed E-state index contributed by atoms with van der Waals surface area (Å²) >= 11 is 8.76. The number of aryl methyl sites for hydroxylation is 1. The number of rotatable bonds is 5. The number of thioether (sulfide) groups is 1. The minimum absolute atomic E-state index is 0.755. The van der Waals surface area contributed by atoms with Crippen LogP contribution in [0.1, 0.15) is 18.4 Å². The molecule has 1 aromatic heterocycles. The number of anilines is 1. The molecule has 0 unspecified atom stereocenters. The summed E-state index contributed by atoms with van der Waals surface area (Å²) in [5, 5.41) is 3.10. The molecule has 20 heavy (non-hydrogen) atoms. The summed E-state index contributed by atoms with van der Waals surface area (Å²) < 4.78 is 2.04. The third-order valence-corrected chi connectivity index (χ3v) is 5.02. The minimum atomic E-state index is 0.755. The van der Waals surface area contributed by atoms with E-state index in [4.69, 9.17) is 0 Å². The largest absolute Gasteiger partial charge is 0.372 e. The van der Waals surface area contributed by atoms with Crippen LogP contribution in [0.25, 0.3) is 0 Å². The summed E-state index contributed by atoms with van der Waals surface area (Å²) in [5.74, 6) is 2.45. The van der Waals surface area contributed by atoms with Crippen LogP contribution >= 0.6 is 43.6 Å². The first-order valence-corrected chi connectivity index (χ1v) is 8.82. The Kier molecular flexibility index (Phi) is 5.86. The van der Waals surface area contributed by atoms with E-state index in [9.17, 15) is 0 Å². The van der Waals surface area contributed by atoms with Crippen molar-refractivity contribution in [2.75, 3.05) is 12.4 Å². The molecule has 106 valence electrons. The summed E-state index contributed by atoms with van der Waals surface area (Å²) in [6.45, 7) is 2.10. The molecule has 0 aliphatic carbocycles. The zero-order chi connectivity index (χ0) is 14.5. The van der Waals surface area contributed by atoms with E-state index in [1.54, 1.807) is 11.8 Å². The highest BCUT2D eigenvalue weighted by molar-refractivity contribution is 9.11. The highest BCUT2D eigenvalue weighted by Gasteiger charge is 2.10. The Morgan fingerprint density at radius 3 is 2.70 bits per heavy atom. The number of benzene rings is 1.